The first-order valence-corrected chi connectivity index (χ1v) is 12.9. The van der Waals surface area contributed by atoms with E-state index in [4.69, 9.17) is 10.5 Å². The van der Waals surface area contributed by atoms with Crippen LogP contribution in [0.3, 0.4) is 0 Å². The summed E-state index contributed by atoms with van der Waals surface area (Å²) < 4.78 is 5.23. The number of fused-ring (bicyclic) bond motifs is 3. The molecule has 3 aliphatic carbocycles. The number of methoxy groups -OCH3 is 1. The predicted molar refractivity (Wildman–Crippen MR) is 144 cm³/mol. The number of aliphatic hydroxyl groups is 3. The molecule has 206 valence electrons. The number of aliphatic hydroxyl groups excluding tert-OH is 2. The Labute approximate surface area is 230 Å². The Bertz CT molecular complexity index is 1620. The summed E-state index contributed by atoms with van der Waals surface area (Å²) in [6, 6.07) is 8.85. The minimum Gasteiger partial charge on any atom is -0.508 e. The summed E-state index contributed by atoms with van der Waals surface area (Å²) in [6.45, 7) is 3.92. The Balaban J connectivity index is 1.69. The molecule has 0 bridgehead atoms. The molecule has 0 aromatic heterocycles. The predicted octanol–water partition coefficient (Wildman–Crippen LogP) is 2.96. The van der Waals surface area contributed by atoms with E-state index in [1.165, 1.54) is 0 Å². The molecule has 3 atom stereocenters. The van der Waals surface area contributed by atoms with Gasteiger partial charge in [0.2, 0.25) is 5.78 Å². The Morgan fingerprint density at radius 2 is 1.85 bits per heavy atom. The van der Waals surface area contributed by atoms with Crippen LogP contribution in [-0.4, -0.2) is 50.6 Å². The van der Waals surface area contributed by atoms with Gasteiger partial charge >= 0.3 is 0 Å². The molecule has 0 saturated heterocycles. The number of aromatic hydroxyl groups is 1. The van der Waals surface area contributed by atoms with Gasteiger partial charge in [-0.25, -0.2) is 0 Å². The van der Waals surface area contributed by atoms with Crippen molar-refractivity contribution >= 4 is 23.2 Å². The number of primary amides is 1. The van der Waals surface area contributed by atoms with Crippen molar-refractivity contribution in [2.75, 3.05) is 7.11 Å². The molecule has 2 aromatic rings. The highest BCUT2D eigenvalue weighted by molar-refractivity contribution is 6.22. The summed E-state index contributed by atoms with van der Waals surface area (Å²) >= 11 is 0. The van der Waals surface area contributed by atoms with Crippen LogP contribution in [0, 0.1) is 23.7 Å². The zero-order chi connectivity index (χ0) is 29.1. The Morgan fingerprint density at radius 1 is 1.12 bits per heavy atom. The van der Waals surface area contributed by atoms with Crippen molar-refractivity contribution in [1.29, 1.82) is 0 Å². The van der Waals surface area contributed by atoms with Crippen LogP contribution in [0.5, 0.6) is 11.5 Å². The number of benzene rings is 2. The van der Waals surface area contributed by atoms with Gasteiger partial charge in [0.1, 0.15) is 28.6 Å². The number of phenolic OH excluding ortho intramolecular Hbond substituents is 1. The van der Waals surface area contributed by atoms with Gasteiger partial charge in [-0.3, -0.25) is 14.4 Å². The first-order valence-electron chi connectivity index (χ1n) is 12.9. The van der Waals surface area contributed by atoms with Crippen LogP contribution < -0.4 is 10.5 Å². The van der Waals surface area contributed by atoms with Crippen LogP contribution >= 0.6 is 0 Å². The van der Waals surface area contributed by atoms with E-state index in [9.17, 15) is 34.8 Å². The van der Waals surface area contributed by atoms with E-state index < -0.39 is 52.0 Å². The topological polar surface area (TPSA) is 167 Å². The van der Waals surface area contributed by atoms with E-state index in [0.29, 0.717) is 16.9 Å². The lowest BCUT2D eigenvalue weighted by Gasteiger charge is -2.46. The summed E-state index contributed by atoms with van der Waals surface area (Å²) in [5.74, 6) is -0.0556. The first-order chi connectivity index (χ1) is 18.9. The maximum atomic E-state index is 13.8. The lowest BCUT2D eigenvalue weighted by Crippen LogP contribution is -2.58. The molecule has 0 unspecified atom stereocenters. The van der Waals surface area contributed by atoms with E-state index in [-0.39, 0.29) is 47.6 Å². The van der Waals surface area contributed by atoms with Crippen LogP contribution in [0.25, 0.3) is 5.76 Å². The molecule has 9 heteroatoms. The average molecular weight is 544 g/mol. The minimum absolute atomic E-state index is 0.0290. The molecule has 1 saturated carbocycles. The number of amides is 1. The fraction of sp³-hybridized carbons (Fsp3) is 0.323. The maximum Gasteiger partial charge on any atom is 0.255 e. The van der Waals surface area contributed by atoms with Gasteiger partial charge in [-0.15, -0.1) is 0 Å². The number of carbonyl (C=O) groups is 3. The summed E-state index contributed by atoms with van der Waals surface area (Å²) in [7, 11) is 1.54. The number of carbonyl (C=O) groups excluding carboxylic acids is 3. The number of hydrogen-bond donors (Lipinski definition) is 5. The minimum atomic E-state index is -2.60. The molecule has 5 rings (SSSR count). The summed E-state index contributed by atoms with van der Waals surface area (Å²) in [5.41, 5.74) is 4.02. The molecular weight excluding hydrogens is 514 g/mol. The highest BCUT2D eigenvalue weighted by Gasteiger charge is 2.60. The van der Waals surface area contributed by atoms with E-state index in [2.05, 4.69) is 11.8 Å². The third-order valence-corrected chi connectivity index (χ3v) is 8.13. The van der Waals surface area contributed by atoms with Gasteiger partial charge in [0, 0.05) is 23.5 Å². The standard InChI is InChI=1S/C31H29NO8/c1-14(2)20-11-16(8-7-15-5-4-6-19(9-15)40-3)26(34)24-21(20)12-17-10-18-13-22(33)25(30(32)38)29(37)31(18,39)28(36)23(17)27(24)35/h4-6,9,11,14,17-18,34-35,37,39H,10,12-13H2,1-3H3,(H2,32,38)/t17-,18+,31+/m1/s1. The molecule has 40 heavy (non-hydrogen) atoms. The van der Waals surface area contributed by atoms with Crippen molar-refractivity contribution in [2.45, 2.75) is 44.6 Å². The molecule has 0 heterocycles. The van der Waals surface area contributed by atoms with Gasteiger partial charge < -0.3 is 30.9 Å². The second kappa shape index (κ2) is 9.57. The van der Waals surface area contributed by atoms with Crippen molar-refractivity contribution in [3.05, 3.63) is 75.1 Å². The van der Waals surface area contributed by atoms with Crippen LogP contribution in [0.4, 0.5) is 0 Å². The van der Waals surface area contributed by atoms with Gasteiger partial charge in [-0.2, -0.15) is 0 Å². The third-order valence-electron chi connectivity index (χ3n) is 8.13. The number of rotatable bonds is 3. The number of ketones is 2. The van der Waals surface area contributed by atoms with E-state index in [0.717, 1.165) is 5.56 Å². The van der Waals surface area contributed by atoms with Crippen molar-refractivity contribution in [2.24, 2.45) is 17.6 Å². The zero-order valence-corrected chi connectivity index (χ0v) is 22.2. The molecular formula is C31H29NO8. The Hall–Kier alpha value is -4.55. The maximum absolute atomic E-state index is 13.8. The van der Waals surface area contributed by atoms with Gasteiger partial charge in [0.25, 0.3) is 5.91 Å². The van der Waals surface area contributed by atoms with Crippen LogP contribution in [0.2, 0.25) is 0 Å². The van der Waals surface area contributed by atoms with Crippen LogP contribution in [0.1, 0.15) is 60.4 Å². The third kappa shape index (κ3) is 3.95. The SMILES string of the molecule is COc1cccc(C#Cc2cc(C(C)C)c3c(c2O)C(O)=C2C(=O)[C@]4(O)C(O)=C(C(N)=O)C(=O)C[C@@H]4C[C@@H]2C3)c1. The van der Waals surface area contributed by atoms with Gasteiger partial charge in [-0.05, 0) is 60.1 Å². The normalized spacial score (nSPS) is 23.7. The van der Waals surface area contributed by atoms with Gasteiger partial charge in [0.05, 0.1) is 18.2 Å². The summed E-state index contributed by atoms with van der Waals surface area (Å²) in [5, 5.41) is 45.0. The molecule has 2 aromatic carbocycles. The smallest absolute Gasteiger partial charge is 0.255 e. The monoisotopic (exact) mass is 543 g/mol. The fourth-order valence-electron chi connectivity index (χ4n) is 6.17. The van der Waals surface area contributed by atoms with Crippen LogP contribution in [-0.2, 0) is 20.8 Å². The quantitative estimate of drug-likeness (QED) is 0.291. The Kier molecular flexibility index (Phi) is 6.47. The largest absolute Gasteiger partial charge is 0.508 e. The molecule has 0 aliphatic heterocycles. The number of nitrogens with two attached hydrogens (primary N) is 1. The molecule has 0 radical (unpaired) electrons. The molecule has 1 fully saturated rings. The first kappa shape index (κ1) is 27.0. The molecule has 9 nitrogen and oxygen atoms in total. The van der Waals surface area contributed by atoms with Crippen molar-refractivity contribution in [1.82, 2.24) is 0 Å². The number of hydrogen-bond acceptors (Lipinski definition) is 8. The molecule has 0 spiro atoms. The van der Waals surface area contributed by atoms with Gasteiger partial charge in [-0.1, -0.05) is 31.8 Å². The van der Waals surface area contributed by atoms with Gasteiger partial charge in [0.15, 0.2) is 11.4 Å². The number of phenols is 1. The van der Waals surface area contributed by atoms with Crippen molar-refractivity contribution < 1.29 is 39.5 Å². The second-order valence-corrected chi connectivity index (χ2v) is 10.8. The lowest BCUT2D eigenvalue weighted by molar-refractivity contribution is -0.147. The van der Waals surface area contributed by atoms with Crippen LogP contribution in [0.15, 0.2) is 47.2 Å². The molecule has 3 aliphatic rings. The fourth-order valence-corrected chi connectivity index (χ4v) is 6.17. The number of Topliss-reactive ketones (excluding diaryl/α,β-unsaturated/α-hetero) is 2. The zero-order valence-electron chi connectivity index (χ0n) is 22.2. The Morgan fingerprint density at radius 3 is 2.50 bits per heavy atom. The van der Waals surface area contributed by atoms with Crippen molar-refractivity contribution in [3.63, 3.8) is 0 Å². The second-order valence-electron chi connectivity index (χ2n) is 10.8. The van der Waals surface area contributed by atoms with E-state index in [1.54, 1.807) is 37.4 Å². The summed E-state index contributed by atoms with van der Waals surface area (Å²) in [4.78, 5) is 38.1. The average Bonchev–Trinajstić information content (AvgIpc) is 2.90. The molecule has 1 amide bonds. The van der Waals surface area contributed by atoms with E-state index >= 15 is 0 Å². The summed E-state index contributed by atoms with van der Waals surface area (Å²) in [6.07, 6.45) is -0.0271. The van der Waals surface area contributed by atoms with E-state index in [1.807, 2.05) is 13.8 Å². The highest BCUT2D eigenvalue weighted by atomic mass is 16.5. The number of ether oxygens (including phenoxy) is 1. The van der Waals surface area contributed by atoms with Crippen molar-refractivity contribution in [3.8, 4) is 23.3 Å². The molecule has 6 N–H and O–H groups in total. The lowest BCUT2D eigenvalue weighted by atomic mass is 9.59. The highest BCUT2D eigenvalue weighted by Crippen LogP contribution is 2.53.